The Morgan fingerprint density at radius 2 is 2.14 bits per heavy atom. The van der Waals surface area contributed by atoms with Crippen LogP contribution in [0.4, 0.5) is 5.69 Å². The van der Waals surface area contributed by atoms with Gasteiger partial charge in [0.05, 0.1) is 5.02 Å². The van der Waals surface area contributed by atoms with Crippen LogP contribution in [0.5, 0.6) is 0 Å². The van der Waals surface area contributed by atoms with E-state index < -0.39 is 0 Å². The van der Waals surface area contributed by atoms with E-state index in [0.717, 1.165) is 39.9 Å². The molecule has 1 unspecified atom stereocenters. The molecule has 1 atom stereocenters. The van der Waals surface area contributed by atoms with E-state index in [9.17, 15) is 0 Å². The second-order valence-corrected chi connectivity index (χ2v) is 6.24. The first-order chi connectivity index (χ1) is 10.2. The van der Waals surface area contributed by atoms with Crippen LogP contribution in [0.15, 0.2) is 47.6 Å². The van der Waals surface area contributed by atoms with Crippen molar-refractivity contribution in [2.45, 2.75) is 24.3 Å². The predicted octanol–water partition coefficient (Wildman–Crippen LogP) is 3.63. The fourth-order valence-electron chi connectivity index (χ4n) is 2.10. The Labute approximate surface area is 135 Å². The summed E-state index contributed by atoms with van der Waals surface area (Å²) in [5.74, 6) is 0.936. The molecule has 21 heavy (non-hydrogen) atoms. The minimum atomic E-state index is 0.336. The Morgan fingerprint density at radius 1 is 1.33 bits per heavy atom. The smallest absolute Gasteiger partial charge is 0.0541 e. The van der Waals surface area contributed by atoms with Crippen LogP contribution in [0.3, 0.4) is 0 Å². The van der Waals surface area contributed by atoms with Crippen LogP contribution in [0.2, 0.25) is 5.02 Å². The van der Waals surface area contributed by atoms with E-state index in [1.54, 1.807) is 18.0 Å². The minimum absolute atomic E-state index is 0.336. The van der Waals surface area contributed by atoms with Gasteiger partial charge in [-0.2, -0.15) is 0 Å². The highest BCUT2D eigenvalue weighted by atomic mass is 35.5. The van der Waals surface area contributed by atoms with E-state index in [0.29, 0.717) is 6.04 Å². The molecule has 112 valence electrons. The summed E-state index contributed by atoms with van der Waals surface area (Å²) < 4.78 is 0. The summed E-state index contributed by atoms with van der Waals surface area (Å²) in [5.41, 5.74) is 7.89. The lowest BCUT2D eigenvalue weighted by Crippen LogP contribution is -2.33. The predicted molar refractivity (Wildman–Crippen MR) is 92.0 cm³/mol. The zero-order valence-corrected chi connectivity index (χ0v) is 13.6. The molecule has 3 nitrogen and oxygen atoms in total. The van der Waals surface area contributed by atoms with Gasteiger partial charge in [-0.05, 0) is 36.7 Å². The third-order valence-electron chi connectivity index (χ3n) is 3.18. The number of nitrogens with two attached hydrogens (primary N) is 1. The second kappa shape index (κ2) is 8.27. The summed E-state index contributed by atoms with van der Waals surface area (Å²) in [7, 11) is 0. The number of likely N-dealkylation sites (N-methyl/N-ethyl adjacent to an activating group) is 1. The molecule has 0 aliphatic rings. The van der Waals surface area contributed by atoms with E-state index >= 15 is 0 Å². The number of nitrogens with zero attached hydrogens (tertiary/aromatic N) is 1. The zero-order valence-electron chi connectivity index (χ0n) is 12.1. The summed E-state index contributed by atoms with van der Waals surface area (Å²) in [5, 5.41) is 4.31. The van der Waals surface area contributed by atoms with Crippen LogP contribution in [-0.4, -0.2) is 23.3 Å². The van der Waals surface area contributed by atoms with Crippen LogP contribution < -0.4 is 11.1 Å². The fourth-order valence-corrected chi connectivity index (χ4v) is 3.40. The standard InChI is InChI=1S/C16H20ClN3S/c1-2-20-13(9-12-10-19-8-7-15(12)18)11-21-16-6-4-3-5-14(16)17/h3-8,10,13,20H,2,9,11H2,1H3,(H2,18,19). The van der Waals surface area contributed by atoms with E-state index in [1.807, 2.05) is 30.5 Å². The monoisotopic (exact) mass is 321 g/mol. The highest BCUT2D eigenvalue weighted by molar-refractivity contribution is 7.99. The Balaban J connectivity index is 1.99. The maximum atomic E-state index is 6.20. The number of rotatable bonds is 7. The second-order valence-electron chi connectivity index (χ2n) is 4.77. The van der Waals surface area contributed by atoms with Crippen LogP contribution in [-0.2, 0) is 6.42 Å². The van der Waals surface area contributed by atoms with Gasteiger partial charge in [0.2, 0.25) is 0 Å². The van der Waals surface area contributed by atoms with Crippen molar-refractivity contribution in [3.63, 3.8) is 0 Å². The summed E-state index contributed by atoms with van der Waals surface area (Å²) >= 11 is 7.96. The molecule has 1 heterocycles. The lowest BCUT2D eigenvalue weighted by atomic mass is 10.1. The van der Waals surface area contributed by atoms with Gasteiger partial charge in [-0.15, -0.1) is 11.8 Å². The summed E-state index contributed by atoms with van der Waals surface area (Å²) in [6, 6.07) is 10.1. The summed E-state index contributed by atoms with van der Waals surface area (Å²) in [6.07, 6.45) is 4.43. The highest BCUT2D eigenvalue weighted by Gasteiger charge is 2.12. The quantitative estimate of drug-likeness (QED) is 0.765. The van der Waals surface area contributed by atoms with Crippen LogP contribution in [0.1, 0.15) is 12.5 Å². The largest absolute Gasteiger partial charge is 0.398 e. The molecule has 1 aromatic heterocycles. The first-order valence-corrected chi connectivity index (χ1v) is 8.36. The van der Waals surface area contributed by atoms with E-state index in [4.69, 9.17) is 17.3 Å². The maximum Gasteiger partial charge on any atom is 0.0541 e. The van der Waals surface area contributed by atoms with Crippen molar-refractivity contribution in [2.75, 3.05) is 18.0 Å². The third kappa shape index (κ3) is 4.92. The van der Waals surface area contributed by atoms with Gasteiger partial charge in [0, 0.05) is 34.8 Å². The van der Waals surface area contributed by atoms with Gasteiger partial charge in [0.15, 0.2) is 0 Å². The Hall–Kier alpha value is -1.23. The molecule has 0 aliphatic carbocycles. The summed E-state index contributed by atoms with van der Waals surface area (Å²) in [4.78, 5) is 5.27. The number of aromatic nitrogens is 1. The number of nitrogen functional groups attached to an aromatic ring is 1. The van der Waals surface area contributed by atoms with Crippen LogP contribution in [0.25, 0.3) is 0 Å². The average Bonchev–Trinajstić information content (AvgIpc) is 2.48. The van der Waals surface area contributed by atoms with Gasteiger partial charge < -0.3 is 11.1 Å². The van der Waals surface area contributed by atoms with Gasteiger partial charge in [-0.1, -0.05) is 30.7 Å². The molecule has 0 saturated heterocycles. The van der Waals surface area contributed by atoms with Gasteiger partial charge in [0.1, 0.15) is 0 Å². The molecular weight excluding hydrogens is 302 g/mol. The first-order valence-electron chi connectivity index (χ1n) is 6.99. The molecule has 0 saturated carbocycles. The number of hydrogen-bond donors (Lipinski definition) is 2. The van der Waals surface area contributed by atoms with E-state index in [1.165, 1.54) is 0 Å². The molecule has 0 amide bonds. The van der Waals surface area contributed by atoms with Gasteiger partial charge in [-0.3, -0.25) is 4.98 Å². The van der Waals surface area contributed by atoms with E-state index in [2.05, 4.69) is 23.3 Å². The molecule has 3 N–H and O–H groups in total. The normalized spacial score (nSPS) is 12.3. The van der Waals surface area contributed by atoms with E-state index in [-0.39, 0.29) is 0 Å². The Morgan fingerprint density at radius 3 is 2.86 bits per heavy atom. The molecular formula is C16H20ClN3S. The zero-order chi connectivity index (χ0) is 15.1. The number of hydrogen-bond acceptors (Lipinski definition) is 4. The summed E-state index contributed by atoms with van der Waals surface area (Å²) in [6.45, 7) is 3.04. The first kappa shape index (κ1) is 16.1. The van der Waals surface area contributed by atoms with Crippen molar-refractivity contribution in [3.05, 3.63) is 53.3 Å². The molecule has 2 aromatic rings. The Bertz CT molecular complexity index is 577. The molecule has 0 radical (unpaired) electrons. The van der Waals surface area contributed by atoms with Crippen molar-refractivity contribution in [3.8, 4) is 0 Å². The molecule has 0 fully saturated rings. The van der Waals surface area contributed by atoms with Crippen molar-refractivity contribution in [2.24, 2.45) is 0 Å². The molecule has 0 spiro atoms. The highest BCUT2D eigenvalue weighted by Crippen LogP contribution is 2.27. The molecule has 1 aromatic carbocycles. The number of benzene rings is 1. The third-order valence-corrected chi connectivity index (χ3v) is 4.85. The lowest BCUT2D eigenvalue weighted by Gasteiger charge is -2.18. The van der Waals surface area contributed by atoms with Crippen molar-refractivity contribution >= 4 is 29.1 Å². The molecule has 5 heteroatoms. The number of anilines is 1. The Kier molecular flexibility index (Phi) is 6.36. The maximum absolute atomic E-state index is 6.20. The topological polar surface area (TPSA) is 50.9 Å². The molecule has 0 aliphatic heterocycles. The number of halogens is 1. The van der Waals surface area contributed by atoms with Crippen LogP contribution >= 0.6 is 23.4 Å². The number of thioether (sulfide) groups is 1. The van der Waals surface area contributed by atoms with Crippen molar-refractivity contribution in [1.82, 2.24) is 10.3 Å². The average molecular weight is 322 g/mol. The lowest BCUT2D eigenvalue weighted by molar-refractivity contribution is 0.572. The molecule has 0 bridgehead atoms. The van der Waals surface area contributed by atoms with Crippen molar-refractivity contribution < 1.29 is 0 Å². The van der Waals surface area contributed by atoms with Gasteiger partial charge in [-0.25, -0.2) is 0 Å². The minimum Gasteiger partial charge on any atom is -0.398 e. The molecule has 2 rings (SSSR count). The number of nitrogens with one attached hydrogen (secondary N) is 1. The fraction of sp³-hybridized carbons (Fsp3) is 0.312. The van der Waals surface area contributed by atoms with Gasteiger partial charge in [0.25, 0.3) is 0 Å². The van der Waals surface area contributed by atoms with Crippen molar-refractivity contribution in [1.29, 1.82) is 0 Å². The van der Waals surface area contributed by atoms with Gasteiger partial charge >= 0.3 is 0 Å². The van der Waals surface area contributed by atoms with Crippen LogP contribution in [0, 0.1) is 0 Å². The number of pyridine rings is 1. The SMILES string of the molecule is CCNC(CSc1ccccc1Cl)Cc1cnccc1N.